The first-order valence-electron chi connectivity index (χ1n) is 8.25. The predicted octanol–water partition coefficient (Wildman–Crippen LogP) is 1.46. The van der Waals surface area contributed by atoms with E-state index < -0.39 is 11.5 Å². The Hall–Kier alpha value is -3.29. The summed E-state index contributed by atoms with van der Waals surface area (Å²) in [4.78, 5) is 35.4. The largest absolute Gasteiger partial charge is 0.347 e. The van der Waals surface area contributed by atoms with Gasteiger partial charge in [0.1, 0.15) is 11.4 Å². The summed E-state index contributed by atoms with van der Waals surface area (Å²) in [5.74, 6) is -0.0964. The Balaban J connectivity index is 1.71. The highest BCUT2D eigenvalue weighted by Gasteiger charge is 2.16. The number of hydrogen-bond donors (Lipinski definition) is 2. The molecule has 0 saturated carbocycles. The Morgan fingerprint density at radius 2 is 2.15 bits per heavy atom. The number of nitrogens with zero attached hydrogens (tertiary/aromatic N) is 4. The first-order chi connectivity index (χ1) is 12.4. The molecule has 0 aliphatic carbocycles. The lowest BCUT2D eigenvalue weighted by Crippen LogP contribution is -2.38. The van der Waals surface area contributed by atoms with E-state index in [0.29, 0.717) is 17.9 Å². The van der Waals surface area contributed by atoms with Crippen molar-refractivity contribution in [2.24, 2.45) is 0 Å². The van der Waals surface area contributed by atoms with Gasteiger partial charge in [-0.25, -0.2) is 4.98 Å². The highest BCUT2D eigenvalue weighted by atomic mass is 16.2. The summed E-state index contributed by atoms with van der Waals surface area (Å²) in [5.41, 5.74) is 2.10. The number of hydrogen-bond acceptors (Lipinski definition) is 5. The minimum Gasteiger partial charge on any atom is -0.347 e. The molecule has 1 unspecified atom stereocenters. The smallest absolute Gasteiger partial charge is 0.264 e. The van der Waals surface area contributed by atoms with Crippen LogP contribution in [0, 0.1) is 13.8 Å². The van der Waals surface area contributed by atoms with Crippen LogP contribution < -0.4 is 10.9 Å². The molecule has 8 nitrogen and oxygen atoms in total. The van der Waals surface area contributed by atoms with E-state index in [1.807, 2.05) is 31.5 Å². The summed E-state index contributed by atoms with van der Waals surface area (Å²) in [6, 6.07) is 5.30. The van der Waals surface area contributed by atoms with Gasteiger partial charge in [0, 0.05) is 35.9 Å². The van der Waals surface area contributed by atoms with Crippen molar-refractivity contribution in [1.82, 2.24) is 30.0 Å². The second-order valence-electron chi connectivity index (χ2n) is 6.20. The van der Waals surface area contributed by atoms with Crippen LogP contribution in [0.2, 0.25) is 0 Å². The molecule has 3 aromatic heterocycles. The van der Waals surface area contributed by atoms with Crippen LogP contribution in [0.5, 0.6) is 0 Å². The zero-order chi connectivity index (χ0) is 18.7. The Morgan fingerprint density at radius 3 is 2.77 bits per heavy atom. The Labute approximate surface area is 150 Å². The molecular formula is C18H20N6O2. The van der Waals surface area contributed by atoms with Crippen LogP contribution in [0.15, 0.2) is 41.6 Å². The van der Waals surface area contributed by atoms with E-state index in [0.717, 1.165) is 11.4 Å². The molecule has 26 heavy (non-hydrogen) atoms. The number of aryl methyl sites for hydroxylation is 2. The van der Waals surface area contributed by atoms with Crippen molar-refractivity contribution in [2.75, 3.05) is 0 Å². The van der Waals surface area contributed by atoms with Gasteiger partial charge in [-0.2, -0.15) is 5.10 Å². The van der Waals surface area contributed by atoms with E-state index >= 15 is 0 Å². The third-order valence-corrected chi connectivity index (χ3v) is 3.91. The lowest BCUT2D eigenvalue weighted by molar-refractivity contribution is 0.0934. The average molecular weight is 352 g/mol. The zero-order valence-corrected chi connectivity index (χ0v) is 14.9. The summed E-state index contributed by atoms with van der Waals surface area (Å²) in [6.07, 6.45) is 4.51. The van der Waals surface area contributed by atoms with Gasteiger partial charge in [0.05, 0.1) is 12.2 Å². The highest BCUT2D eigenvalue weighted by Crippen LogP contribution is 2.10. The fourth-order valence-corrected chi connectivity index (χ4v) is 2.67. The van der Waals surface area contributed by atoms with Crippen LogP contribution in [-0.4, -0.2) is 36.7 Å². The third kappa shape index (κ3) is 3.85. The van der Waals surface area contributed by atoms with Crippen LogP contribution in [0.1, 0.15) is 28.7 Å². The van der Waals surface area contributed by atoms with E-state index in [4.69, 9.17) is 0 Å². The molecule has 2 N–H and O–H groups in total. The summed E-state index contributed by atoms with van der Waals surface area (Å²) in [5, 5.41) is 7.18. The molecule has 0 fully saturated rings. The molecule has 0 aromatic carbocycles. The van der Waals surface area contributed by atoms with Crippen molar-refractivity contribution in [3.63, 3.8) is 0 Å². The standard InChI is InChI=1S/C18H20N6O2/c1-11-7-13(3)24(23-11)10-12(2)21-17(25)15-9-20-16(22-18(15)26)14-5-4-6-19-8-14/h4-9,12H,10H2,1-3H3,(H,21,25)(H,20,22,26). The molecule has 0 radical (unpaired) electrons. The van der Waals surface area contributed by atoms with Gasteiger partial charge in [-0.1, -0.05) is 0 Å². The Kier molecular flexibility index (Phi) is 4.92. The molecule has 0 aliphatic rings. The van der Waals surface area contributed by atoms with Crippen molar-refractivity contribution in [3.8, 4) is 11.4 Å². The lowest BCUT2D eigenvalue weighted by atomic mass is 10.2. The SMILES string of the molecule is Cc1cc(C)n(CC(C)NC(=O)c2cnc(-c3cccnc3)[nH]c2=O)n1. The van der Waals surface area contributed by atoms with Crippen LogP contribution in [-0.2, 0) is 6.54 Å². The molecule has 3 heterocycles. The Bertz CT molecular complexity index is 977. The topological polar surface area (TPSA) is 106 Å². The van der Waals surface area contributed by atoms with Gasteiger partial charge in [-0.3, -0.25) is 19.3 Å². The second kappa shape index (κ2) is 7.30. The first kappa shape index (κ1) is 17.5. The van der Waals surface area contributed by atoms with Crippen molar-refractivity contribution < 1.29 is 4.79 Å². The second-order valence-corrected chi connectivity index (χ2v) is 6.20. The molecule has 8 heteroatoms. The van der Waals surface area contributed by atoms with Crippen LogP contribution in [0.4, 0.5) is 0 Å². The van der Waals surface area contributed by atoms with Gasteiger partial charge in [0.15, 0.2) is 0 Å². The molecule has 3 rings (SSSR count). The van der Waals surface area contributed by atoms with E-state index in [9.17, 15) is 9.59 Å². The Morgan fingerprint density at radius 1 is 1.35 bits per heavy atom. The van der Waals surface area contributed by atoms with E-state index in [1.165, 1.54) is 6.20 Å². The molecule has 0 bridgehead atoms. The number of aromatic amines is 1. The van der Waals surface area contributed by atoms with Crippen molar-refractivity contribution in [1.29, 1.82) is 0 Å². The highest BCUT2D eigenvalue weighted by molar-refractivity contribution is 5.93. The van der Waals surface area contributed by atoms with Gasteiger partial charge in [-0.05, 0) is 39.0 Å². The maximum Gasteiger partial charge on any atom is 0.264 e. The predicted molar refractivity (Wildman–Crippen MR) is 96.7 cm³/mol. The van der Waals surface area contributed by atoms with E-state index in [1.54, 1.807) is 24.5 Å². The minimum atomic E-state index is -0.491. The maximum absolute atomic E-state index is 12.4. The summed E-state index contributed by atoms with van der Waals surface area (Å²) >= 11 is 0. The number of carbonyl (C=O) groups is 1. The van der Waals surface area contributed by atoms with Crippen LogP contribution in [0.3, 0.4) is 0 Å². The maximum atomic E-state index is 12.4. The number of H-pyrrole nitrogens is 1. The molecule has 1 amide bonds. The molecule has 0 saturated heterocycles. The van der Waals surface area contributed by atoms with E-state index in [-0.39, 0.29) is 11.6 Å². The first-order valence-corrected chi connectivity index (χ1v) is 8.25. The number of pyridine rings is 1. The number of amides is 1. The van der Waals surface area contributed by atoms with Gasteiger partial charge >= 0.3 is 0 Å². The minimum absolute atomic E-state index is 0.0298. The van der Waals surface area contributed by atoms with Gasteiger partial charge in [0.2, 0.25) is 0 Å². The van der Waals surface area contributed by atoms with Gasteiger partial charge in [0.25, 0.3) is 11.5 Å². The molecule has 1 atom stereocenters. The zero-order valence-electron chi connectivity index (χ0n) is 14.9. The fraction of sp³-hybridized carbons (Fsp3) is 0.278. The summed E-state index contributed by atoms with van der Waals surface area (Å²) in [7, 11) is 0. The fourth-order valence-electron chi connectivity index (χ4n) is 2.67. The van der Waals surface area contributed by atoms with Crippen LogP contribution >= 0.6 is 0 Å². The molecule has 0 spiro atoms. The number of carbonyl (C=O) groups excluding carboxylic acids is 1. The summed E-state index contributed by atoms with van der Waals surface area (Å²) < 4.78 is 1.83. The monoisotopic (exact) mass is 352 g/mol. The van der Waals surface area contributed by atoms with Crippen molar-refractivity contribution >= 4 is 5.91 Å². The van der Waals surface area contributed by atoms with Crippen LogP contribution in [0.25, 0.3) is 11.4 Å². The molecule has 134 valence electrons. The lowest BCUT2D eigenvalue weighted by Gasteiger charge is -2.15. The third-order valence-electron chi connectivity index (χ3n) is 3.91. The quantitative estimate of drug-likeness (QED) is 0.723. The van der Waals surface area contributed by atoms with E-state index in [2.05, 4.69) is 25.4 Å². The molecular weight excluding hydrogens is 332 g/mol. The number of aromatic nitrogens is 5. The average Bonchev–Trinajstić information content (AvgIpc) is 2.92. The molecule has 3 aromatic rings. The van der Waals surface area contributed by atoms with Gasteiger partial charge < -0.3 is 10.3 Å². The van der Waals surface area contributed by atoms with Crippen molar-refractivity contribution in [2.45, 2.75) is 33.4 Å². The number of nitrogens with one attached hydrogen (secondary N) is 2. The van der Waals surface area contributed by atoms with Gasteiger partial charge in [-0.15, -0.1) is 0 Å². The molecule has 0 aliphatic heterocycles. The van der Waals surface area contributed by atoms with Crippen molar-refractivity contribution in [3.05, 3.63) is 64.1 Å². The number of rotatable bonds is 5. The summed E-state index contributed by atoms with van der Waals surface area (Å²) in [6.45, 7) is 6.26. The normalized spacial score (nSPS) is 12.0.